The molecule has 0 unspecified atom stereocenters. The highest BCUT2D eigenvalue weighted by molar-refractivity contribution is 6.18. The van der Waals surface area contributed by atoms with Crippen LogP contribution in [0.3, 0.4) is 0 Å². The van der Waals surface area contributed by atoms with Gasteiger partial charge >= 0.3 is 0 Å². The van der Waals surface area contributed by atoms with Crippen molar-refractivity contribution in [3.63, 3.8) is 0 Å². The van der Waals surface area contributed by atoms with Gasteiger partial charge in [-0.25, -0.2) is 0 Å². The van der Waals surface area contributed by atoms with Gasteiger partial charge < -0.3 is 25.3 Å². The number of hydrogen-bond acceptors (Lipinski definition) is 5. The maximum atomic E-state index is 12.6. The maximum Gasteiger partial charge on any atom is 0.228 e. The number of hydrogen-bond donors (Lipinski definition) is 2. The number of nitrogens with zero attached hydrogens (tertiary/aromatic N) is 3. The van der Waals surface area contributed by atoms with Crippen LogP contribution >= 0.6 is 23.2 Å². The predicted octanol–water partition coefficient (Wildman–Crippen LogP) is 5.43. The first kappa shape index (κ1) is 30.6. The molecule has 2 aromatic carbocycles. The zero-order valence-electron chi connectivity index (χ0n) is 23.4. The van der Waals surface area contributed by atoms with Crippen molar-refractivity contribution in [2.24, 2.45) is 0 Å². The third-order valence-corrected chi connectivity index (χ3v) is 8.28. The van der Waals surface area contributed by atoms with E-state index in [0.29, 0.717) is 23.9 Å². The molecule has 2 saturated heterocycles. The third-order valence-electron chi connectivity index (χ3n) is 7.95. The van der Waals surface area contributed by atoms with E-state index in [2.05, 4.69) is 25.3 Å². The van der Waals surface area contributed by atoms with Gasteiger partial charge in [-0.2, -0.15) is 0 Å². The molecule has 2 aliphatic heterocycles. The molecule has 40 heavy (non-hydrogen) atoms. The number of likely N-dealkylation sites (tertiary alicyclic amines) is 2. The number of rotatable bonds is 13. The molecule has 0 saturated carbocycles. The standard InChI is InChI=1S/C31H43Cl2N5O2/c32-15-22-38(23-16-33)28-10-4-25(5-11-28)24-31(40)35-27-8-6-26(7-9-27)34-30(39)14-21-36-19-12-29(13-20-36)37-17-2-1-3-18-37/h4-11,29H,1-3,12-24H2,(H,34,39)(H,35,40). The summed E-state index contributed by atoms with van der Waals surface area (Å²) in [5, 5.41) is 5.92. The number of carbonyl (C=O) groups is 2. The minimum Gasteiger partial charge on any atom is -0.369 e. The van der Waals surface area contributed by atoms with Gasteiger partial charge in [0, 0.05) is 60.9 Å². The van der Waals surface area contributed by atoms with E-state index in [-0.39, 0.29) is 18.2 Å². The fourth-order valence-corrected chi connectivity index (χ4v) is 6.11. The highest BCUT2D eigenvalue weighted by Gasteiger charge is 2.25. The summed E-state index contributed by atoms with van der Waals surface area (Å²) in [6.45, 7) is 6.92. The number of anilines is 3. The van der Waals surface area contributed by atoms with E-state index in [9.17, 15) is 9.59 Å². The molecule has 9 heteroatoms. The number of benzene rings is 2. The van der Waals surface area contributed by atoms with Crippen LogP contribution < -0.4 is 15.5 Å². The minimum atomic E-state index is -0.0908. The molecule has 2 aliphatic rings. The van der Waals surface area contributed by atoms with Crippen molar-refractivity contribution in [3.8, 4) is 0 Å². The summed E-state index contributed by atoms with van der Waals surface area (Å²) < 4.78 is 0. The lowest BCUT2D eigenvalue weighted by Gasteiger charge is -2.40. The van der Waals surface area contributed by atoms with Gasteiger partial charge in [0.05, 0.1) is 6.42 Å². The molecule has 7 nitrogen and oxygen atoms in total. The fourth-order valence-electron chi connectivity index (χ4n) is 5.70. The van der Waals surface area contributed by atoms with Crippen LogP contribution in [0.5, 0.6) is 0 Å². The van der Waals surface area contributed by atoms with Crippen LogP contribution in [0.15, 0.2) is 48.5 Å². The summed E-state index contributed by atoms with van der Waals surface area (Å²) in [5.41, 5.74) is 3.41. The second kappa shape index (κ2) is 16.2. The normalized spacial score (nSPS) is 16.9. The second-order valence-electron chi connectivity index (χ2n) is 10.8. The van der Waals surface area contributed by atoms with Gasteiger partial charge in [-0.05, 0) is 93.8 Å². The molecule has 2 fully saturated rings. The monoisotopic (exact) mass is 587 g/mol. The topological polar surface area (TPSA) is 67.9 Å². The fraction of sp³-hybridized carbons (Fsp3) is 0.548. The number of piperidine rings is 2. The van der Waals surface area contributed by atoms with E-state index >= 15 is 0 Å². The van der Waals surface area contributed by atoms with Crippen molar-refractivity contribution in [2.75, 3.05) is 73.1 Å². The number of alkyl halides is 2. The van der Waals surface area contributed by atoms with E-state index < -0.39 is 0 Å². The molecule has 0 atom stereocenters. The molecular formula is C31H43Cl2N5O2. The van der Waals surface area contributed by atoms with Crippen molar-refractivity contribution in [3.05, 3.63) is 54.1 Å². The van der Waals surface area contributed by atoms with Gasteiger partial charge in [0.1, 0.15) is 0 Å². The van der Waals surface area contributed by atoms with Gasteiger partial charge in [-0.3, -0.25) is 9.59 Å². The number of nitrogens with one attached hydrogen (secondary N) is 2. The Morgan fingerprint density at radius 2 is 1.35 bits per heavy atom. The molecule has 0 spiro atoms. The second-order valence-corrected chi connectivity index (χ2v) is 11.6. The van der Waals surface area contributed by atoms with Crippen LogP contribution in [-0.2, 0) is 16.0 Å². The van der Waals surface area contributed by atoms with E-state index in [1.807, 2.05) is 48.5 Å². The van der Waals surface area contributed by atoms with Crippen LogP contribution in [0.25, 0.3) is 0 Å². The first-order valence-electron chi connectivity index (χ1n) is 14.7. The molecule has 2 N–H and O–H groups in total. The molecule has 2 heterocycles. The first-order chi connectivity index (χ1) is 19.5. The summed E-state index contributed by atoms with van der Waals surface area (Å²) >= 11 is 11.8. The Balaban J connectivity index is 1.15. The highest BCUT2D eigenvalue weighted by Crippen LogP contribution is 2.21. The molecule has 0 bridgehead atoms. The van der Waals surface area contributed by atoms with Crippen LogP contribution in [0.4, 0.5) is 17.1 Å². The zero-order chi connectivity index (χ0) is 28.2. The first-order valence-corrected chi connectivity index (χ1v) is 15.7. The Morgan fingerprint density at radius 1 is 0.775 bits per heavy atom. The molecule has 4 rings (SSSR count). The largest absolute Gasteiger partial charge is 0.369 e. The van der Waals surface area contributed by atoms with E-state index in [1.54, 1.807) is 0 Å². The SMILES string of the molecule is O=C(CCN1CCC(N2CCCCC2)CC1)Nc1ccc(NC(=O)Cc2ccc(N(CCCl)CCCl)cc2)cc1. The van der Waals surface area contributed by atoms with Crippen molar-refractivity contribution in [2.45, 2.75) is 51.0 Å². The van der Waals surface area contributed by atoms with Crippen molar-refractivity contribution < 1.29 is 9.59 Å². The lowest BCUT2D eigenvalue weighted by Crippen LogP contribution is -2.47. The van der Waals surface area contributed by atoms with Crippen LogP contribution in [0.1, 0.15) is 44.1 Å². The summed E-state index contributed by atoms with van der Waals surface area (Å²) in [4.78, 5) is 32.3. The molecule has 2 aromatic rings. The van der Waals surface area contributed by atoms with Crippen molar-refractivity contribution in [1.29, 1.82) is 0 Å². The molecule has 218 valence electrons. The Hall–Kier alpha value is -2.32. The van der Waals surface area contributed by atoms with Crippen LogP contribution in [0.2, 0.25) is 0 Å². The van der Waals surface area contributed by atoms with Gasteiger partial charge in [0.25, 0.3) is 0 Å². The summed E-state index contributed by atoms with van der Waals surface area (Å²) in [7, 11) is 0. The van der Waals surface area contributed by atoms with Gasteiger partial charge in [-0.15, -0.1) is 23.2 Å². The van der Waals surface area contributed by atoms with Crippen LogP contribution in [0, 0.1) is 0 Å². The van der Waals surface area contributed by atoms with Crippen molar-refractivity contribution >= 4 is 52.1 Å². The Kier molecular flexibility index (Phi) is 12.4. The average Bonchev–Trinajstić information content (AvgIpc) is 2.98. The molecule has 2 amide bonds. The average molecular weight is 589 g/mol. The third kappa shape index (κ3) is 9.65. The zero-order valence-corrected chi connectivity index (χ0v) is 24.9. The molecule has 0 aromatic heterocycles. The summed E-state index contributed by atoms with van der Waals surface area (Å²) in [6, 6.07) is 15.9. The smallest absolute Gasteiger partial charge is 0.228 e. The van der Waals surface area contributed by atoms with Gasteiger partial charge in [0.15, 0.2) is 0 Å². The van der Waals surface area contributed by atoms with Gasteiger partial charge in [-0.1, -0.05) is 18.6 Å². The number of halogens is 2. The highest BCUT2D eigenvalue weighted by atomic mass is 35.5. The summed E-state index contributed by atoms with van der Waals surface area (Å²) in [6.07, 6.45) is 7.24. The lowest BCUT2D eigenvalue weighted by atomic mass is 10.00. The Morgan fingerprint density at radius 3 is 1.93 bits per heavy atom. The number of amides is 2. The van der Waals surface area contributed by atoms with E-state index in [1.165, 1.54) is 45.2 Å². The molecule has 0 radical (unpaired) electrons. The predicted molar refractivity (Wildman–Crippen MR) is 167 cm³/mol. The van der Waals surface area contributed by atoms with E-state index in [4.69, 9.17) is 23.2 Å². The van der Waals surface area contributed by atoms with Gasteiger partial charge in [0.2, 0.25) is 11.8 Å². The molecule has 0 aliphatic carbocycles. The quantitative estimate of drug-likeness (QED) is 0.306. The number of carbonyl (C=O) groups excluding carboxylic acids is 2. The Bertz CT molecular complexity index is 1050. The van der Waals surface area contributed by atoms with Crippen LogP contribution in [-0.4, -0.2) is 85.2 Å². The minimum absolute atomic E-state index is 0.0223. The summed E-state index contributed by atoms with van der Waals surface area (Å²) in [5.74, 6) is 0.990. The lowest BCUT2D eigenvalue weighted by molar-refractivity contribution is -0.117. The molecular weight excluding hydrogens is 545 g/mol. The maximum absolute atomic E-state index is 12.6. The Labute approximate surface area is 249 Å². The van der Waals surface area contributed by atoms with Crippen molar-refractivity contribution in [1.82, 2.24) is 9.80 Å². The van der Waals surface area contributed by atoms with E-state index in [0.717, 1.165) is 55.7 Å².